The quantitative estimate of drug-likeness (QED) is 0.302. The lowest BCUT2D eigenvalue weighted by atomic mass is 10.1. The number of amides is 2. The van der Waals surface area contributed by atoms with Crippen molar-refractivity contribution in [3.8, 4) is 0 Å². The maximum atomic E-state index is 13.6. The zero-order valence-corrected chi connectivity index (χ0v) is 20.3. The van der Waals surface area contributed by atoms with Crippen LogP contribution in [0.4, 0.5) is 10.8 Å². The number of aryl methyl sites for hydroxylation is 1. The second-order valence-corrected chi connectivity index (χ2v) is 9.27. The van der Waals surface area contributed by atoms with Gasteiger partial charge >= 0.3 is 5.97 Å². The summed E-state index contributed by atoms with van der Waals surface area (Å²) in [5, 5.41) is 12.7. The van der Waals surface area contributed by atoms with Gasteiger partial charge in [-0.25, -0.2) is 9.78 Å². The molecule has 0 aliphatic rings. The van der Waals surface area contributed by atoms with Gasteiger partial charge in [0.15, 0.2) is 5.13 Å². The lowest BCUT2D eigenvalue weighted by Crippen LogP contribution is -2.31. The number of carboxylic acid groups (broad SMARTS) is 1. The van der Waals surface area contributed by atoms with Gasteiger partial charge in [0.1, 0.15) is 5.69 Å². The number of hydrogen-bond donors (Lipinski definition) is 3. The Morgan fingerprint density at radius 1 is 1.12 bits per heavy atom. The van der Waals surface area contributed by atoms with E-state index in [-0.39, 0.29) is 33.8 Å². The highest BCUT2D eigenvalue weighted by Crippen LogP contribution is 2.35. The van der Waals surface area contributed by atoms with Crippen LogP contribution in [0.25, 0.3) is 10.2 Å². The standard InChI is InChI=1S/C23H18Cl2N4O4S/c1-11-18(24)19(25)20(26-11)21(31)29(10-13-3-5-14(6-4-13)22(32)33)23-28-16-8-7-15(27-12(2)30)9-17(16)34-23/h3-9,26H,10H2,1-2H3,(H,27,30)(H,32,33). The number of nitrogens with one attached hydrogen (secondary N) is 2. The molecule has 3 N–H and O–H groups in total. The van der Waals surface area contributed by atoms with Crippen molar-refractivity contribution in [2.24, 2.45) is 0 Å². The summed E-state index contributed by atoms with van der Waals surface area (Å²) in [7, 11) is 0. The van der Waals surface area contributed by atoms with Crippen LogP contribution in [0.5, 0.6) is 0 Å². The van der Waals surface area contributed by atoms with Gasteiger partial charge in [-0.1, -0.05) is 46.7 Å². The molecule has 0 saturated carbocycles. The van der Waals surface area contributed by atoms with Crippen molar-refractivity contribution >= 4 is 73.4 Å². The molecule has 174 valence electrons. The number of H-pyrrole nitrogens is 1. The zero-order chi connectivity index (χ0) is 24.6. The third-order valence-corrected chi connectivity index (χ3v) is 6.97. The Morgan fingerprint density at radius 2 is 1.82 bits per heavy atom. The van der Waals surface area contributed by atoms with Gasteiger partial charge in [0.2, 0.25) is 5.91 Å². The molecule has 4 aromatic rings. The second kappa shape index (κ2) is 9.46. The van der Waals surface area contributed by atoms with Crippen molar-refractivity contribution in [3.05, 3.63) is 75.0 Å². The van der Waals surface area contributed by atoms with Crippen LogP contribution in [0.15, 0.2) is 42.5 Å². The van der Waals surface area contributed by atoms with Crippen LogP contribution >= 0.6 is 34.5 Å². The fourth-order valence-corrected chi connectivity index (χ4v) is 4.74. The van der Waals surface area contributed by atoms with E-state index in [9.17, 15) is 14.4 Å². The van der Waals surface area contributed by atoms with Crippen LogP contribution in [0.3, 0.4) is 0 Å². The first-order valence-electron chi connectivity index (χ1n) is 10.00. The van der Waals surface area contributed by atoms with Gasteiger partial charge in [0.25, 0.3) is 5.91 Å². The third kappa shape index (κ3) is 4.77. The van der Waals surface area contributed by atoms with Gasteiger partial charge in [-0.05, 0) is 42.8 Å². The number of thiazole rings is 1. The molecule has 8 nitrogen and oxygen atoms in total. The van der Waals surface area contributed by atoms with Gasteiger partial charge in [-0.15, -0.1) is 0 Å². The largest absolute Gasteiger partial charge is 0.478 e. The van der Waals surface area contributed by atoms with E-state index in [2.05, 4.69) is 15.3 Å². The number of benzene rings is 2. The Kier molecular flexibility index (Phi) is 6.60. The highest BCUT2D eigenvalue weighted by Gasteiger charge is 2.27. The molecule has 2 heterocycles. The minimum atomic E-state index is -1.04. The predicted molar refractivity (Wildman–Crippen MR) is 133 cm³/mol. The summed E-state index contributed by atoms with van der Waals surface area (Å²) in [6, 6.07) is 11.5. The molecule has 0 spiro atoms. The number of aromatic carboxylic acids is 1. The highest BCUT2D eigenvalue weighted by atomic mass is 35.5. The molecule has 11 heteroatoms. The number of rotatable bonds is 6. The Morgan fingerprint density at radius 3 is 2.41 bits per heavy atom. The Bertz CT molecular complexity index is 1430. The molecule has 0 fully saturated rings. The van der Waals surface area contributed by atoms with Crippen LogP contribution in [0.2, 0.25) is 10.0 Å². The van der Waals surface area contributed by atoms with E-state index in [0.717, 1.165) is 4.70 Å². The number of halogens is 2. The zero-order valence-electron chi connectivity index (χ0n) is 18.0. The smallest absolute Gasteiger partial charge is 0.335 e. The Hall–Kier alpha value is -3.40. The van der Waals surface area contributed by atoms with Crippen LogP contribution in [0.1, 0.15) is 39.0 Å². The first kappa shape index (κ1) is 23.7. The summed E-state index contributed by atoms with van der Waals surface area (Å²) in [6.07, 6.45) is 0. The van der Waals surface area contributed by atoms with E-state index in [1.165, 1.54) is 35.3 Å². The van der Waals surface area contributed by atoms with E-state index >= 15 is 0 Å². The summed E-state index contributed by atoms with van der Waals surface area (Å²) in [5.41, 5.74) is 2.80. The number of fused-ring (bicyclic) bond motifs is 1. The summed E-state index contributed by atoms with van der Waals surface area (Å²) in [5.74, 6) is -1.67. The van der Waals surface area contributed by atoms with Crippen LogP contribution < -0.4 is 10.2 Å². The monoisotopic (exact) mass is 516 g/mol. The molecule has 0 aliphatic heterocycles. The molecule has 0 saturated heterocycles. The fourth-order valence-electron chi connectivity index (χ4n) is 3.32. The number of carbonyl (C=O) groups is 3. The van der Waals surface area contributed by atoms with E-state index in [4.69, 9.17) is 28.3 Å². The number of carbonyl (C=O) groups excluding carboxylic acids is 2. The van der Waals surface area contributed by atoms with Gasteiger partial charge in [-0.2, -0.15) is 0 Å². The van der Waals surface area contributed by atoms with Crippen LogP contribution in [-0.4, -0.2) is 32.9 Å². The summed E-state index contributed by atoms with van der Waals surface area (Å²) in [4.78, 5) is 45.1. The van der Waals surface area contributed by atoms with Crippen molar-refractivity contribution in [2.45, 2.75) is 20.4 Å². The van der Waals surface area contributed by atoms with E-state index < -0.39 is 11.9 Å². The van der Waals surface area contributed by atoms with E-state index in [1.54, 1.807) is 37.3 Å². The first-order chi connectivity index (χ1) is 16.1. The Balaban J connectivity index is 1.76. The lowest BCUT2D eigenvalue weighted by molar-refractivity contribution is -0.114. The molecular weight excluding hydrogens is 499 g/mol. The first-order valence-corrected chi connectivity index (χ1v) is 11.6. The Labute approximate surface area is 208 Å². The minimum Gasteiger partial charge on any atom is -0.478 e. The molecule has 0 radical (unpaired) electrons. The average Bonchev–Trinajstić information content (AvgIpc) is 3.32. The normalized spacial score (nSPS) is 10.9. The minimum absolute atomic E-state index is 0.114. The SMILES string of the molecule is CC(=O)Nc1ccc2nc(N(Cc3ccc(C(=O)O)cc3)C(=O)c3[nH]c(C)c(Cl)c3Cl)sc2c1. The number of anilines is 2. The van der Waals surface area contributed by atoms with Gasteiger partial charge in [0.05, 0.1) is 32.4 Å². The van der Waals surface area contributed by atoms with Gasteiger partial charge < -0.3 is 15.4 Å². The molecule has 0 atom stereocenters. The molecule has 0 bridgehead atoms. The van der Waals surface area contributed by atoms with Crippen LogP contribution in [0, 0.1) is 6.92 Å². The number of hydrogen-bond acceptors (Lipinski definition) is 5. The predicted octanol–water partition coefficient (Wildman–Crippen LogP) is 5.74. The molecule has 2 amide bonds. The van der Waals surface area contributed by atoms with Crippen molar-refractivity contribution in [2.75, 3.05) is 10.2 Å². The van der Waals surface area contributed by atoms with Crippen molar-refractivity contribution in [1.29, 1.82) is 0 Å². The molecule has 4 rings (SSSR count). The number of aromatic nitrogens is 2. The second-order valence-electron chi connectivity index (χ2n) is 7.51. The van der Waals surface area contributed by atoms with Crippen molar-refractivity contribution in [1.82, 2.24) is 9.97 Å². The summed E-state index contributed by atoms with van der Waals surface area (Å²) in [6.45, 7) is 3.25. The van der Waals surface area contributed by atoms with E-state index in [1.807, 2.05) is 0 Å². The average molecular weight is 517 g/mol. The maximum Gasteiger partial charge on any atom is 0.335 e. The molecule has 34 heavy (non-hydrogen) atoms. The van der Waals surface area contributed by atoms with Crippen LogP contribution in [-0.2, 0) is 11.3 Å². The lowest BCUT2D eigenvalue weighted by Gasteiger charge is -2.20. The molecule has 0 unspecified atom stereocenters. The molecule has 2 aromatic carbocycles. The molecular formula is C23H18Cl2N4O4S. The number of carboxylic acids is 1. The van der Waals surface area contributed by atoms with Crippen molar-refractivity contribution < 1.29 is 19.5 Å². The molecule has 2 aromatic heterocycles. The number of nitrogens with zero attached hydrogens (tertiary/aromatic N) is 2. The highest BCUT2D eigenvalue weighted by molar-refractivity contribution is 7.22. The topological polar surface area (TPSA) is 115 Å². The molecule has 0 aliphatic carbocycles. The van der Waals surface area contributed by atoms with Crippen molar-refractivity contribution in [3.63, 3.8) is 0 Å². The van der Waals surface area contributed by atoms with Gasteiger partial charge in [-0.3, -0.25) is 14.5 Å². The van der Waals surface area contributed by atoms with E-state index in [0.29, 0.717) is 27.6 Å². The third-order valence-electron chi connectivity index (χ3n) is 4.98. The fraction of sp³-hybridized carbons (Fsp3) is 0.130. The number of aromatic amines is 1. The summed E-state index contributed by atoms with van der Waals surface area (Å²) >= 11 is 13.8. The summed E-state index contributed by atoms with van der Waals surface area (Å²) < 4.78 is 0.770. The van der Waals surface area contributed by atoms with Gasteiger partial charge in [0, 0.05) is 18.3 Å². The maximum absolute atomic E-state index is 13.6.